The van der Waals surface area contributed by atoms with Crippen LogP contribution in [0.1, 0.15) is 42.4 Å². The van der Waals surface area contributed by atoms with Crippen molar-refractivity contribution in [3.8, 4) is 0 Å². The van der Waals surface area contributed by atoms with Crippen molar-refractivity contribution in [2.24, 2.45) is 5.73 Å². The van der Waals surface area contributed by atoms with Crippen LogP contribution < -0.4 is 5.73 Å². The Morgan fingerprint density at radius 1 is 1.22 bits per heavy atom. The van der Waals surface area contributed by atoms with Gasteiger partial charge in [-0.2, -0.15) is 0 Å². The van der Waals surface area contributed by atoms with Crippen LogP contribution in [0.3, 0.4) is 0 Å². The zero-order chi connectivity index (χ0) is 13.0. The molecule has 2 nitrogen and oxygen atoms in total. The summed E-state index contributed by atoms with van der Waals surface area (Å²) >= 11 is 0. The van der Waals surface area contributed by atoms with Crippen molar-refractivity contribution < 1.29 is 4.74 Å². The molecule has 0 aromatic heterocycles. The largest absolute Gasteiger partial charge is 0.378 e. The molecule has 18 heavy (non-hydrogen) atoms. The zero-order valence-corrected chi connectivity index (χ0v) is 11.6. The molecule has 100 valence electrons. The Kier molecular flexibility index (Phi) is 4.79. The van der Waals surface area contributed by atoms with Crippen LogP contribution in [-0.4, -0.2) is 18.8 Å². The number of rotatable bonds is 4. The van der Waals surface area contributed by atoms with Crippen LogP contribution in [0, 0.1) is 13.8 Å². The molecule has 0 spiro atoms. The highest BCUT2D eigenvalue weighted by Gasteiger charge is 2.17. The van der Waals surface area contributed by atoms with Gasteiger partial charge in [0.15, 0.2) is 0 Å². The van der Waals surface area contributed by atoms with E-state index >= 15 is 0 Å². The lowest BCUT2D eigenvalue weighted by Gasteiger charge is -2.25. The van der Waals surface area contributed by atoms with Gasteiger partial charge in [-0.05, 0) is 51.5 Å². The standard InChI is InChI=1S/C16H25NO/c1-12-7-13(2)9-14(8-12)10-15(17)11-16-5-3-4-6-18-16/h7-9,15-16H,3-6,10-11,17H2,1-2H3. The first-order valence-electron chi connectivity index (χ1n) is 7.08. The van der Waals surface area contributed by atoms with Crippen LogP contribution in [0.15, 0.2) is 18.2 Å². The summed E-state index contributed by atoms with van der Waals surface area (Å²) < 4.78 is 5.75. The van der Waals surface area contributed by atoms with Gasteiger partial charge in [0.05, 0.1) is 6.10 Å². The molecular formula is C16H25NO. The van der Waals surface area contributed by atoms with Crippen molar-refractivity contribution in [3.63, 3.8) is 0 Å². The van der Waals surface area contributed by atoms with E-state index in [9.17, 15) is 0 Å². The molecule has 1 heterocycles. The average Bonchev–Trinajstić information content (AvgIpc) is 2.28. The van der Waals surface area contributed by atoms with Gasteiger partial charge in [-0.25, -0.2) is 0 Å². The molecule has 0 saturated carbocycles. The number of nitrogens with two attached hydrogens (primary N) is 1. The van der Waals surface area contributed by atoms with Crippen molar-refractivity contribution in [2.45, 2.75) is 58.1 Å². The summed E-state index contributed by atoms with van der Waals surface area (Å²) in [5, 5.41) is 0. The van der Waals surface area contributed by atoms with Crippen LogP contribution in [0.5, 0.6) is 0 Å². The molecule has 2 unspecified atom stereocenters. The predicted molar refractivity (Wildman–Crippen MR) is 75.8 cm³/mol. The molecule has 2 atom stereocenters. The average molecular weight is 247 g/mol. The van der Waals surface area contributed by atoms with E-state index in [1.54, 1.807) is 0 Å². The molecule has 0 amide bonds. The van der Waals surface area contributed by atoms with Gasteiger partial charge in [0, 0.05) is 12.6 Å². The third-order valence-electron chi connectivity index (χ3n) is 3.62. The number of benzene rings is 1. The summed E-state index contributed by atoms with van der Waals surface area (Å²) in [6.45, 7) is 5.21. The molecular weight excluding hydrogens is 222 g/mol. The number of ether oxygens (including phenoxy) is 1. The first kappa shape index (κ1) is 13.6. The molecule has 1 aliphatic rings. The Labute approximate surface area is 111 Å². The molecule has 0 aliphatic carbocycles. The Hall–Kier alpha value is -0.860. The summed E-state index contributed by atoms with van der Waals surface area (Å²) in [4.78, 5) is 0. The second kappa shape index (κ2) is 6.35. The fourth-order valence-corrected chi connectivity index (χ4v) is 2.90. The van der Waals surface area contributed by atoms with E-state index in [0.29, 0.717) is 6.10 Å². The molecule has 1 fully saturated rings. The van der Waals surface area contributed by atoms with Crippen LogP contribution in [-0.2, 0) is 11.2 Å². The first-order valence-corrected chi connectivity index (χ1v) is 7.08. The van der Waals surface area contributed by atoms with Crippen molar-refractivity contribution in [3.05, 3.63) is 34.9 Å². The number of hydrogen-bond acceptors (Lipinski definition) is 2. The quantitative estimate of drug-likeness (QED) is 0.887. The molecule has 0 bridgehead atoms. The summed E-state index contributed by atoms with van der Waals surface area (Å²) in [5.41, 5.74) is 10.3. The minimum Gasteiger partial charge on any atom is -0.378 e. The molecule has 1 aromatic rings. The second-order valence-corrected chi connectivity index (χ2v) is 5.68. The molecule has 2 N–H and O–H groups in total. The van der Waals surface area contributed by atoms with Gasteiger partial charge in [0.1, 0.15) is 0 Å². The topological polar surface area (TPSA) is 35.2 Å². The van der Waals surface area contributed by atoms with Crippen LogP contribution >= 0.6 is 0 Å². The highest BCUT2D eigenvalue weighted by atomic mass is 16.5. The van der Waals surface area contributed by atoms with Crippen molar-refractivity contribution in [1.29, 1.82) is 0 Å². The van der Waals surface area contributed by atoms with E-state index in [0.717, 1.165) is 19.4 Å². The van der Waals surface area contributed by atoms with Gasteiger partial charge in [-0.3, -0.25) is 0 Å². The lowest BCUT2D eigenvalue weighted by atomic mass is 9.96. The maximum atomic E-state index is 6.26. The second-order valence-electron chi connectivity index (χ2n) is 5.68. The van der Waals surface area contributed by atoms with Gasteiger partial charge >= 0.3 is 0 Å². The normalized spacial score (nSPS) is 21.8. The SMILES string of the molecule is Cc1cc(C)cc(CC(N)CC2CCCCO2)c1. The fraction of sp³-hybridized carbons (Fsp3) is 0.625. The maximum Gasteiger partial charge on any atom is 0.0590 e. The minimum atomic E-state index is 0.217. The molecule has 2 heteroatoms. The first-order chi connectivity index (χ1) is 8.63. The van der Waals surface area contributed by atoms with Gasteiger partial charge in [0.2, 0.25) is 0 Å². The Balaban J connectivity index is 1.87. The summed E-state index contributed by atoms with van der Waals surface area (Å²) in [6.07, 6.45) is 6.03. The zero-order valence-electron chi connectivity index (χ0n) is 11.6. The van der Waals surface area contributed by atoms with Gasteiger partial charge in [-0.15, -0.1) is 0 Å². The molecule has 1 saturated heterocycles. The summed E-state index contributed by atoms with van der Waals surface area (Å²) in [7, 11) is 0. The van der Waals surface area contributed by atoms with Gasteiger partial charge in [-0.1, -0.05) is 29.3 Å². The van der Waals surface area contributed by atoms with E-state index in [1.807, 2.05) is 0 Å². The van der Waals surface area contributed by atoms with Gasteiger partial charge in [0.25, 0.3) is 0 Å². The van der Waals surface area contributed by atoms with Crippen LogP contribution in [0.4, 0.5) is 0 Å². The Morgan fingerprint density at radius 2 is 1.94 bits per heavy atom. The highest BCUT2D eigenvalue weighted by Crippen LogP contribution is 2.18. The highest BCUT2D eigenvalue weighted by molar-refractivity contribution is 5.29. The maximum absolute atomic E-state index is 6.26. The predicted octanol–water partition coefficient (Wildman–Crippen LogP) is 3.13. The smallest absolute Gasteiger partial charge is 0.0590 e. The van der Waals surface area contributed by atoms with Gasteiger partial charge < -0.3 is 10.5 Å². The minimum absolute atomic E-state index is 0.217. The number of hydrogen-bond donors (Lipinski definition) is 1. The van der Waals surface area contributed by atoms with Crippen LogP contribution in [0.2, 0.25) is 0 Å². The molecule has 2 rings (SSSR count). The van der Waals surface area contributed by atoms with Crippen molar-refractivity contribution in [1.82, 2.24) is 0 Å². The third-order valence-corrected chi connectivity index (χ3v) is 3.62. The monoisotopic (exact) mass is 247 g/mol. The van der Waals surface area contributed by atoms with E-state index in [4.69, 9.17) is 10.5 Å². The van der Waals surface area contributed by atoms with E-state index < -0.39 is 0 Å². The molecule has 1 aliphatic heterocycles. The Bertz CT molecular complexity index is 362. The van der Waals surface area contributed by atoms with E-state index in [2.05, 4.69) is 32.0 Å². The fourth-order valence-electron chi connectivity index (χ4n) is 2.90. The lowest BCUT2D eigenvalue weighted by Crippen LogP contribution is -2.31. The lowest BCUT2D eigenvalue weighted by molar-refractivity contribution is 0.00747. The van der Waals surface area contributed by atoms with E-state index in [1.165, 1.54) is 36.0 Å². The molecule has 0 radical (unpaired) electrons. The van der Waals surface area contributed by atoms with Crippen molar-refractivity contribution in [2.75, 3.05) is 6.61 Å². The third kappa shape index (κ3) is 4.11. The summed E-state index contributed by atoms with van der Waals surface area (Å²) in [6, 6.07) is 6.91. The molecule has 1 aromatic carbocycles. The van der Waals surface area contributed by atoms with Crippen LogP contribution in [0.25, 0.3) is 0 Å². The van der Waals surface area contributed by atoms with E-state index in [-0.39, 0.29) is 6.04 Å². The Morgan fingerprint density at radius 3 is 2.56 bits per heavy atom. The van der Waals surface area contributed by atoms with Crippen molar-refractivity contribution >= 4 is 0 Å². The summed E-state index contributed by atoms with van der Waals surface area (Å²) in [5.74, 6) is 0. The number of aryl methyl sites for hydroxylation is 2.